The molecule has 0 aliphatic heterocycles. The highest BCUT2D eigenvalue weighted by atomic mass is 16.5. The van der Waals surface area contributed by atoms with Crippen molar-refractivity contribution in [1.82, 2.24) is 0 Å². The topological polar surface area (TPSA) is 61.8 Å². The minimum Gasteiger partial charge on any atom is -0.493 e. The number of rotatable bonds is 9. The van der Waals surface area contributed by atoms with Gasteiger partial charge in [0.15, 0.2) is 17.3 Å². The summed E-state index contributed by atoms with van der Waals surface area (Å²) in [7, 11) is 3.12. The van der Waals surface area contributed by atoms with Crippen molar-refractivity contribution in [2.75, 3.05) is 20.8 Å². The first-order chi connectivity index (χ1) is 10.6. The maximum atomic E-state index is 12.3. The summed E-state index contributed by atoms with van der Waals surface area (Å²) >= 11 is 0. The summed E-state index contributed by atoms with van der Waals surface area (Å²) in [5.41, 5.74) is 1.47. The zero-order valence-corrected chi connectivity index (χ0v) is 13.7. The second-order valence-electron chi connectivity index (χ2n) is 4.85. The Kier molecular flexibility index (Phi) is 7.43. The van der Waals surface area contributed by atoms with E-state index in [1.54, 1.807) is 27.2 Å². The highest BCUT2D eigenvalue weighted by molar-refractivity contribution is 5.98. The molecule has 1 aromatic carbocycles. The fourth-order valence-corrected chi connectivity index (χ4v) is 2.25. The van der Waals surface area contributed by atoms with Crippen LogP contribution in [0.15, 0.2) is 12.1 Å². The van der Waals surface area contributed by atoms with Crippen molar-refractivity contribution in [3.63, 3.8) is 0 Å². The lowest BCUT2D eigenvalue weighted by molar-refractivity contribution is -0.143. The molecule has 5 heteroatoms. The zero-order chi connectivity index (χ0) is 16.5. The van der Waals surface area contributed by atoms with E-state index in [-0.39, 0.29) is 24.6 Å². The van der Waals surface area contributed by atoms with Gasteiger partial charge in [0.2, 0.25) is 0 Å². The molecule has 1 aromatic rings. The maximum Gasteiger partial charge on any atom is 0.306 e. The Morgan fingerprint density at radius 3 is 2.32 bits per heavy atom. The van der Waals surface area contributed by atoms with E-state index in [9.17, 15) is 9.59 Å². The fourth-order valence-electron chi connectivity index (χ4n) is 2.25. The molecular weight excluding hydrogens is 284 g/mol. The van der Waals surface area contributed by atoms with Crippen molar-refractivity contribution in [3.8, 4) is 11.5 Å². The van der Waals surface area contributed by atoms with Gasteiger partial charge in [0.1, 0.15) is 0 Å². The molecule has 0 aliphatic carbocycles. The van der Waals surface area contributed by atoms with Crippen molar-refractivity contribution in [2.45, 2.75) is 39.5 Å². The Labute approximate surface area is 131 Å². The molecule has 0 atom stereocenters. The first-order valence-electron chi connectivity index (χ1n) is 7.51. The number of ketones is 1. The Morgan fingerprint density at radius 1 is 1.05 bits per heavy atom. The largest absolute Gasteiger partial charge is 0.493 e. The number of Topliss-reactive ketones (excluding diaryl/α,β-unsaturated/α-hetero) is 1. The second-order valence-corrected chi connectivity index (χ2v) is 4.85. The van der Waals surface area contributed by atoms with Crippen LogP contribution in [-0.4, -0.2) is 32.6 Å². The molecule has 0 spiro atoms. The molecular formula is C17H24O5. The van der Waals surface area contributed by atoms with E-state index in [4.69, 9.17) is 14.2 Å². The average Bonchev–Trinajstić information content (AvgIpc) is 2.52. The van der Waals surface area contributed by atoms with Crippen molar-refractivity contribution >= 4 is 11.8 Å². The first kappa shape index (κ1) is 18.0. The summed E-state index contributed by atoms with van der Waals surface area (Å²) in [6.45, 7) is 4.12. The molecule has 0 bridgehead atoms. The first-order valence-corrected chi connectivity index (χ1v) is 7.51. The van der Waals surface area contributed by atoms with Gasteiger partial charge in [-0.15, -0.1) is 0 Å². The van der Waals surface area contributed by atoms with Crippen LogP contribution >= 0.6 is 0 Å². The summed E-state index contributed by atoms with van der Waals surface area (Å²) in [6.07, 6.45) is 1.93. The van der Waals surface area contributed by atoms with Gasteiger partial charge in [-0.25, -0.2) is 0 Å². The third-order valence-electron chi connectivity index (χ3n) is 3.26. The van der Waals surface area contributed by atoms with Crippen molar-refractivity contribution in [1.29, 1.82) is 0 Å². The van der Waals surface area contributed by atoms with Gasteiger partial charge in [-0.1, -0.05) is 13.3 Å². The molecule has 22 heavy (non-hydrogen) atoms. The third-order valence-corrected chi connectivity index (χ3v) is 3.26. The van der Waals surface area contributed by atoms with Gasteiger partial charge < -0.3 is 14.2 Å². The predicted molar refractivity (Wildman–Crippen MR) is 83.7 cm³/mol. The molecule has 0 aromatic heterocycles. The summed E-state index contributed by atoms with van der Waals surface area (Å²) in [5.74, 6) is 0.732. The number of hydrogen-bond donors (Lipinski definition) is 0. The highest BCUT2D eigenvalue weighted by Crippen LogP contribution is 2.33. The molecule has 0 aliphatic rings. The van der Waals surface area contributed by atoms with Gasteiger partial charge >= 0.3 is 5.97 Å². The number of esters is 1. The lowest BCUT2D eigenvalue weighted by Crippen LogP contribution is -2.09. The number of aryl methyl sites for hydroxylation is 1. The number of ether oxygens (including phenoxy) is 3. The van der Waals surface area contributed by atoms with E-state index in [1.807, 2.05) is 6.07 Å². The van der Waals surface area contributed by atoms with Gasteiger partial charge in [0.05, 0.1) is 27.2 Å². The summed E-state index contributed by atoms with van der Waals surface area (Å²) in [4.78, 5) is 23.6. The molecule has 5 nitrogen and oxygen atoms in total. The lowest BCUT2D eigenvalue weighted by atomic mass is 10.00. The molecule has 0 saturated carbocycles. The predicted octanol–water partition coefficient (Wildman–Crippen LogP) is 3.18. The third kappa shape index (κ3) is 4.76. The van der Waals surface area contributed by atoms with E-state index >= 15 is 0 Å². The minimum absolute atomic E-state index is 0.0874. The highest BCUT2D eigenvalue weighted by Gasteiger charge is 2.16. The quantitative estimate of drug-likeness (QED) is 0.518. The number of carbonyl (C=O) groups is 2. The van der Waals surface area contributed by atoms with Crippen molar-refractivity contribution < 1.29 is 23.8 Å². The van der Waals surface area contributed by atoms with Crippen LogP contribution in [0.1, 0.15) is 49.0 Å². The Morgan fingerprint density at radius 2 is 1.77 bits per heavy atom. The van der Waals surface area contributed by atoms with Gasteiger partial charge in [-0.05, 0) is 31.0 Å². The summed E-state index contributed by atoms with van der Waals surface area (Å²) in [6, 6.07) is 3.48. The number of hydrogen-bond acceptors (Lipinski definition) is 5. The van der Waals surface area contributed by atoms with E-state index in [0.717, 1.165) is 18.4 Å². The Balaban J connectivity index is 2.96. The second kappa shape index (κ2) is 9.07. The molecule has 0 saturated heterocycles. The molecule has 0 fully saturated rings. The van der Waals surface area contributed by atoms with Gasteiger partial charge in [-0.2, -0.15) is 0 Å². The van der Waals surface area contributed by atoms with Crippen LogP contribution in [0, 0.1) is 0 Å². The van der Waals surface area contributed by atoms with E-state index in [0.29, 0.717) is 23.7 Å². The van der Waals surface area contributed by atoms with Crippen LogP contribution in [0.4, 0.5) is 0 Å². The van der Waals surface area contributed by atoms with E-state index in [1.165, 1.54) is 0 Å². The number of methoxy groups -OCH3 is 2. The number of carbonyl (C=O) groups excluding carboxylic acids is 2. The van der Waals surface area contributed by atoms with E-state index < -0.39 is 0 Å². The van der Waals surface area contributed by atoms with Gasteiger partial charge in [0, 0.05) is 12.0 Å². The fraction of sp³-hybridized carbons (Fsp3) is 0.529. The van der Waals surface area contributed by atoms with Crippen LogP contribution in [-0.2, 0) is 16.0 Å². The van der Waals surface area contributed by atoms with Crippen LogP contribution in [0.25, 0.3) is 0 Å². The van der Waals surface area contributed by atoms with Crippen LogP contribution in [0.2, 0.25) is 0 Å². The molecule has 0 radical (unpaired) electrons. The van der Waals surface area contributed by atoms with Crippen molar-refractivity contribution in [3.05, 3.63) is 23.3 Å². The molecule has 1 rings (SSSR count). The van der Waals surface area contributed by atoms with Crippen LogP contribution < -0.4 is 9.47 Å². The molecule has 0 heterocycles. The lowest BCUT2D eigenvalue weighted by Gasteiger charge is -2.14. The molecule has 0 N–H and O–H groups in total. The molecule has 0 amide bonds. The maximum absolute atomic E-state index is 12.3. The van der Waals surface area contributed by atoms with Crippen LogP contribution in [0.3, 0.4) is 0 Å². The monoisotopic (exact) mass is 308 g/mol. The average molecular weight is 308 g/mol. The molecule has 0 unspecified atom stereocenters. The van der Waals surface area contributed by atoms with E-state index in [2.05, 4.69) is 6.92 Å². The van der Waals surface area contributed by atoms with Crippen LogP contribution in [0.5, 0.6) is 11.5 Å². The Bertz CT molecular complexity index is 522. The summed E-state index contributed by atoms with van der Waals surface area (Å²) in [5, 5.41) is 0. The standard InChI is InChI=1S/C17H24O5/c1-5-7-12-10-13(11-15(20-3)17(12)21-4)14(18)8-9-16(19)22-6-2/h10-11H,5-9H2,1-4H3. The number of benzene rings is 1. The van der Waals surface area contributed by atoms with Gasteiger partial charge in [-0.3, -0.25) is 9.59 Å². The summed E-state index contributed by atoms with van der Waals surface area (Å²) < 4.78 is 15.5. The minimum atomic E-state index is -0.356. The SMILES string of the molecule is CCCc1cc(C(=O)CCC(=O)OCC)cc(OC)c1OC. The Hall–Kier alpha value is -2.04. The van der Waals surface area contributed by atoms with Gasteiger partial charge in [0.25, 0.3) is 0 Å². The van der Waals surface area contributed by atoms with Crippen molar-refractivity contribution in [2.24, 2.45) is 0 Å². The molecule has 122 valence electrons. The smallest absolute Gasteiger partial charge is 0.306 e. The normalized spacial score (nSPS) is 10.2. The zero-order valence-electron chi connectivity index (χ0n) is 13.7.